The number of carbonyl (C=O) groups is 1. The maximum Gasteiger partial charge on any atom is 0.155 e. The summed E-state index contributed by atoms with van der Waals surface area (Å²) >= 11 is 0. The molecule has 215 valence electrons. The number of benzene rings is 4. The molecule has 3 aromatic heterocycles. The molecule has 43 heavy (non-hydrogen) atoms. The molecular weight excluding hydrogens is 715 g/mol. The second kappa shape index (κ2) is 12.6. The zero-order chi connectivity index (χ0) is 29.2. The van der Waals surface area contributed by atoms with Gasteiger partial charge in [-0.1, -0.05) is 96.7 Å². The second-order valence-corrected chi connectivity index (χ2v) is 10.2. The Hall–Kier alpha value is -4.77. The summed E-state index contributed by atoms with van der Waals surface area (Å²) in [5.41, 5.74) is 8.08. The van der Waals surface area contributed by atoms with E-state index in [1.807, 2.05) is 60.8 Å². The van der Waals surface area contributed by atoms with E-state index in [0.717, 1.165) is 72.2 Å². The summed E-state index contributed by atoms with van der Waals surface area (Å²) in [6.07, 6.45) is 3.10. The molecule has 0 unspecified atom stereocenters. The van der Waals surface area contributed by atoms with Crippen molar-refractivity contribution in [3.05, 3.63) is 127 Å². The Kier molecular flexibility index (Phi) is 8.72. The smallest absolute Gasteiger partial charge is 0.155 e. The van der Waals surface area contributed by atoms with E-state index in [1.54, 1.807) is 0 Å². The average molecular weight is 743 g/mol. The van der Waals surface area contributed by atoms with Crippen LogP contribution in [0.4, 0.5) is 0 Å². The number of pyridine rings is 1. The second-order valence-electron chi connectivity index (χ2n) is 10.2. The third kappa shape index (κ3) is 6.07. The van der Waals surface area contributed by atoms with Crippen LogP contribution >= 0.6 is 0 Å². The first-order valence-corrected chi connectivity index (χ1v) is 13.6. The number of aromatic nitrogens is 1. The molecule has 0 spiro atoms. The van der Waals surface area contributed by atoms with E-state index < -0.39 is 0 Å². The molecule has 1 radical (unpaired) electrons. The number of fused-ring (bicyclic) bond motifs is 4. The van der Waals surface area contributed by atoms with Crippen molar-refractivity contribution in [2.75, 3.05) is 0 Å². The van der Waals surface area contributed by atoms with Crippen molar-refractivity contribution in [2.24, 2.45) is 0 Å². The van der Waals surface area contributed by atoms with Crippen LogP contribution in [0.2, 0.25) is 0 Å². The number of aliphatic hydroxyl groups excluding tert-OH is 1. The minimum atomic E-state index is -0.125. The van der Waals surface area contributed by atoms with Gasteiger partial charge in [0.2, 0.25) is 0 Å². The van der Waals surface area contributed by atoms with Crippen molar-refractivity contribution in [1.82, 2.24) is 4.98 Å². The fourth-order valence-corrected chi connectivity index (χ4v) is 5.16. The van der Waals surface area contributed by atoms with Crippen LogP contribution in [-0.2, 0) is 24.9 Å². The van der Waals surface area contributed by atoms with Gasteiger partial charge < -0.3 is 18.9 Å². The van der Waals surface area contributed by atoms with E-state index >= 15 is 0 Å². The van der Waals surface area contributed by atoms with Gasteiger partial charge in [-0.3, -0.25) is 4.79 Å². The topological polar surface area (TPSA) is 76.5 Å². The summed E-state index contributed by atoms with van der Waals surface area (Å²) < 4.78 is 12.9. The van der Waals surface area contributed by atoms with Crippen LogP contribution in [-0.4, -0.2) is 15.9 Å². The molecule has 0 fully saturated rings. The number of rotatable bonds is 4. The van der Waals surface area contributed by atoms with E-state index in [0.29, 0.717) is 0 Å². The Morgan fingerprint density at radius 1 is 0.791 bits per heavy atom. The van der Waals surface area contributed by atoms with Crippen molar-refractivity contribution in [3.8, 4) is 33.7 Å². The Morgan fingerprint density at radius 3 is 2.09 bits per heavy atom. The molecule has 1 N–H and O–H groups in total. The number of furan rings is 2. The van der Waals surface area contributed by atoms with Gasteiger partial charge in [0.05, 0.1) is 11.3 Å². The van der Waals surface area contributed by atoms with Gasteiger partial charge in [0, 0.05) is 60.0 Å². The normalized spacial score (nSPS) is 11.3. The summed E-state index contributed by atoms with van der Waals surface area (Å²) in [4.78, 5) is 15.0. The molecule has 0 bridgehead atoms. The summed E-state index contributed by atoms with van der Waals surface area (Å²) in [6.45, 7) is 4.90. The predicted molar refractivity (Wildman–Crippen MR) is 168 cm³/mol. The van der Waals surface area contributed by atoms with Gasteiger partial charge in [-0.2, -0.15) is 0 Å². The van der Waals surface area contributed by atoms with Crippen molar-refractivity contribution in [1.29, 1.82) is 0 Å². The van der Waals surface area contributed by atoms with Crippen molar-refractivity contribution < 1.29 is 38.8 Å². The molecule has 6 heteroatoms. The third-order valence-corrected chi connectivity index (χ3v) is 6.90. The molecule has 0 saturated heterocycles. The van der Waals surface area contributed by atoms with E-state index in [9.17, 15) is 4.79 Å². The standard InChI is InChI=1S/C32H20NO2.C5H8O2.Ir/c1-20-16-24-23-14-8-9-15-28(23)34-31(24)26(17-20)30-32-25(18-29(35-32)22-12-6-3-7-13-22)27(19-33-30)21-10-4-2-5-11-21;1-4(6)3-5(2)7;/h2-16,18-19H,1H3;3,6H,1-2H3;/q-1;;/b;4-3-;. The maximum atomic E-state index is 10.0. The SMILES string of the molecule is CC(=O)/C=C(/C)O.Cc1[c-]c(-c2ncc(-c3ccccc3)c3cc(-c4ccccc4)oc23)c2oc3ccccc3c2c1.[Ir]. The summed E-state index contributed by atoms with van der Waals surface area (Å²) in [6, 6.07) is 36.3. The number of aryl methyl sites for hydroxylation is 1. The predicted octanol–water partition coefficient (Wildman–Crippen LogP) is 9.87. The van der Waals surface area contributed by atoms with Gasteiger partial charge in [0.25, 0.3) is 0 Å². The molecule has 0 atom stereocenters. The quantitative estimate of drug-likeness (QED) is 0.110. The fraction of sp³-hybridized carbons (Fsp3) is 0.0811. The van der Waals surface area contributed by atoms with Gasteiger partial charge in [-0.25, -0.2) is 0 Å². The van der Waals surface area contributed by atoms with Crippen molar-refractivity contribution >= 4 is 38.7 Å². The molecule has 0 saturated carbocycles. The molecule has 7 rings (SSSR count). The Bertz CT molecular complexity index is 2090. The van der Waals surface area contributed by atoms with Gasteiger partial charge >= 0.3 is 0 Å². The number of carbonyl (C=O) groups excluding carboxylic acids is 1. The first-order chi connectivity index (χ1) is 20.4. The van der Waals surface area contributed by atoms with Crippen molar-refractivity contribution in [2.45, 2.75) is 20.8 Å². The fourth-order valence-electron chi connectivity index (χ4n) is 5.16. The van der Waals surface area contributed by atoms with Crippen molar-refractivity contribution in [3.63, 3.8) is 0 Å². The number of nitrogens with zero attached hydrogens (tertiary/aromatic N) is 1. The van der Waals surface area contributed by atoms with Gasteiger partial charge in [-0.05, 0) is 31.5 Å². The minimum absolute atomic E-state index is 0. The molecule has 0 aliphatic heterocycles. The van der Waals surface area contributed by atoms with Crippen LogP contribution in [0.15, 0.2) is 124 Å². The molecule has 0 amide bonds. The zero-order valence-electron chi connectivity index (χ0n) is 23.8. The summed E-state index contributed by atoms with van der Waals surface area (Å²) in [5.74, 6) is 0.744. The maximum absolute atomic E-state index is 10.0. The number of ketones is 1. The number of hydrogen-bond acceptors (Lipinski definition) is 5. The molecule has 0 aliphatic rings. The van der Waals surface area contributed by atoms with E-state index in [4.69, 9.17) is 18.9 Å². The number of hydrogen-bond donors (Lipinski definition) is 1. The van der Waals surface area contributed by atoms with Crippen LogP contribution in [0.3, 0.4) is 0 Å². The minimum Gasteiger partial charge on any atom is -0.512 e. The average Bonchev–Trinajstić information content (AvgIpc) is 3.60. The number of para-hydroxylation sites is 1. The Morgan fingerprint density at radius 2 is 1.44 bits per heavy atom. The first-order valence-electron chi connectivity index (χ1n) is 13.6. The first kappa shape index (κ1) is 29.7. The molecule has 4 aromatic carbocycles. The molecule has 3 heterocycles. The molecule has 0 aliphatic carbocycles. The van der Waals surface area contributed by atoms with Gasteiger partial charge in [-0.15, -0.1) is 17.7 Å². The third-order valence-electron chi connectivity index (χ3n) is 6.90. The summed E-state index contributed by atoms with van der Waals surface area (Å²) in [7, 11) is 0. The monoisotopic (exact) mass is 743 g/mol. The van der Waals surface area contributed by atoms with E-state index in [-0.39, 0.29) is 31.6 Å². The van der Waals surface area contributed by atoms with Gasteiger partial charge in [0.1, 0.15) is 16.9 Å². The Balaban J connectivity index is 0.000000415. The van der Waals surface area contributed by atoms with E-state index in [1.165, 1.54) is 19.9 Å². The Labute approximate surface area is 262 Å². The van der Waals surface area contributed by atoms with Gasteiger partial charge in [0.15, 0.2) is 5.78 Å². The van der Waals surface area contributed by atoms with Crippen LogP contribution in [0.25, 0.3) is 66.6 Å². The van der Waals surface area contributed by atoms with E-state index in [2.05, 4.69) is 55.5 Å². The van der Waals surface area contributed by atoms with Crippen LogP contribution in [0.5, 0.6) is 0 Å². The van der Waals surface area contributed by atoms with Crippen LogP contribution in [0.1, 0.15) is 19.4 Å². The zero-order valence-corrected chi connectivity index (χ0v) is 26.2. The molecule has 7 aromatic rings. The van der Waals surface area contributed by atoms with Crippen LogP contribution < -0.4 is 0 Å². The molecule has 5 nitrogen and oxygen atoms in total. The summed E-state index contributed by atoms with van der Waals surface area (Å²) in [5, 5.41) is 11.5. The number of aliphatic hydroxyl groups is 1. The van der Waals surface area contributed by atoms with Crippen LogP contribution in [0, 0.1) is 13.0 Å². The largest absolute Gasteiger partial charge is 0.512 e. The molecular formula is C37H28IrNO4-. The number of allylic oxidation sites excluding steroid dienone is 2.